The van der Waals surface area contributed by atoms with Gasteiger partial charge in [0.1, 0.15) is 6.10 Å². The Morgan fingerprint density at radius 2 is 2.17 bits per heavy atom. The van der Waals surface area contributed by atoms with E-state index in [0.29, 0.717) is 6.61 Å². The molecular formula is C20H23ClN2O. The quantitative estimate of drug-likeness (QED) is 0.581. The summed E-state index contributed by atoms with van der Waals surface area (Å²) in [5, 5.41) is 0.740. The minimum absolute atomic E-state index is 0.0532. The fourth-order valence-electron chi connectivity index (χ4n) is 2.93. The molecule has 24 heavy (non-hydrogen) atoms. The highest BCUT2D eigenvalue weighted by Crippen LogP contribution is 2.37. The number of aryl methyl sites for hydroxylation is 1. The molecule has 0 aliphatic carbocycles. The van der Waals surface area contributed by atoms with Crippen molar-refractivity contribution in [3.05, 3.63) is 63.7 Å². The second-order valence-corrected chi connectivity index (χ2v) is 6.65. The Bertz CT molecular complexity index is 757. The van der Waals surface area contributed by atoms with Gasteiger partial charge in [0, 0.05) is 18.6 Å². The van der Waals surface area contributed by atoms with Crippen LogP contribution in [0, 0.1) is 6.92 Å². The van der Waals surface area contributed by atoms with Gasteiger partial charge in [0.05, 0.1) is 18.6 Å². The van der Waals surface area contributed by atoms with Gasteiger partial charge in [-0.2, -0.15) is 0 Å². The lowest BCUT2D eigenvalue weighted by Crippen LogP contribution is -2.18. The van der Waals surface area contributed by atoms with Crippen LogP contribution >= 0.6 is 11.6 Å². The molecule has 0 spiro atoms. The van der Waals surface area contributed by atoms with Crippen molar-refractivity contribution >= 4 is 23.6 Å². The summed E-state index contributed by atoms with van der Waals surface area (Å²) >= 11 is 6.15. The molecule has 0 bridgehead atoms. The van der Waals surface area contributed by atoms with Crippen LogP contribution in [0.5, 0.6) is 0 Å². The molecule has 0 N–H and O–H groups in total. The first-order valence-corrected chi connectivity index (χ1v) is 8.71. The van der Waals surface area contributed by atoms with Crippen LogP contribution in [-0.2, 0) is 11.2 Å². The standard InChI is InChI=1S/C20H23ClN2O/c1-4-23(3)13-22-19-12-15-8-9-24-20(18(15)10-14(19)2)16-6-5-7-17(21)11-16/h5-7,10-13,20H,4,8-9H2,1-3H3/b22-13+. The Morgan fingerprint density at radius 3 is 2.92 bits per heavy atom. The van der Waals surface area contributed by atoms with Crippen LogP contribution in [0.2, 0.25) is 5.02 Å². The van der Waals surface area contributed by atoms with Gasteiger partial charge in [-0.1, -0.05) is 29.8 Å². The zero-order valence-electron chi connectivity index (χ0n) is 14.4. The number of ether oxygens (including phenoxy) is 1. The lowest BCUT2D eigenvalue weighted by molar-refractivity contribution is 0.0698. The average Bonchev–Trinajstić information content (AvgIpc) is 2.59. The maximum atomic E-state index is 6.15. The topological polar surface area (TPSA) is 24.8 Å². The van der Waals surface area contributed by atoms with E-state index in [0.717, 1.165) is 34.8 Å². The molecule has 0 radical (unpaired) electrons. The van der Waals surface area contributed by atoms with E-state index in [1.807, 2.05) is 31.6 Å². The molecule has 0 saturated heterocycles. The van der Waals surface area contributed by atoms with Crippen molar-refractivity contribution in [3.63, 3.8) is 0 Å². The number of halogens is 1. The van der Waals surface area contributed by atoms with Crippen molar-refractivity contribution in [1.29, 1.82) is 0 Å². The third-order valence-electron chi connectivity index (χ3n) is 4.44. The Kier molecular flexibility index (Phi) is 5.22. The highest BCUT2D eigenvalue weighted by atomic mass is 35.5. The van der Waals surface area contributed by atoms with Gasteiger partial charge < -0.3 is 9.64 Å². The molecule has 0 fully saturated rings. The van der Waals surface area contributed by atoms with Crippen molar-refractivity contribution in [2.45, 2.75) is 26.4 Å². The maximum Gasteiger partial charge on any atom is 0.108 e. The van der Waals surface area contributed by atoms with E-state index < -0.39 is 0 Å². The molecule has 2 aromatic rings. The number of fused-ring (bicyclic) bond motifs is 1. The smallest absolute Gasteiger partial charge is 0.108 e. The third-order valence-corrected chi connectivity index (χ3v) is 4.68. The highest BCUT2D eigenvalue weighted by Gasteiger charge is 2.23. The summed E-state index contributed by atoms with van der Waals surface area (Å²) in [6.45, 7) is 5.87. The fraction of sp³-hybridized carbons (Fsp3) is 0.350. The molecule has 1 atom stereocenters. The van der Waals surface area contributed by atoms with Crippen LogP contribution in [0.1, 0.15) is 35.3 Å². The number of benzene rings is 2. The summed E-state index contributed by atoms with van der Waals surface area (Å²) in [5.74, 6) is 0. The van der Waals surface area contributed by atoms with Gasteiger partial charge in [0.2, 0.25) is 0 Å². The van der Waals surface area contributed by atoms with Gasteiger partial charge in [-0.05, 0) is 60.7 Å². The Hall–Kier alpha value is -1.84. The average molecular weight is 343 g/mol. The summed E-state index contributed by atoms with van der Waals surface area (Å²) in [6, 6.07) is 12.3. The van der Waals surface area contributed by atoms with Crippen molar-refractivity contribution in [2.75, 3.05) is 20.2 Å². The Labute approximate surface area is 148 Å². The van der Waals surface area contributed by atoms with Gasteiger partial charge >= 0.3 is 0 Å². The van der Waals surface area contributed by atoms with E-state index in [2.05, 4.69) is 41.9 Å². The van der Waals surface area contributed by atoms with E-state index in [-0.39, 0.29) is 6.10 Å². The normalized spacial score (nSPS) is 17.1. The van der Waals surface area contributed by atoms with Crippen LogP contribution in [0.4, 0.5) is 5.69 Å². The molecule has 3 rings (SSSR count). The molecule has 0 amide bonds. The van der Waals surface area contributed by atoms with Crippen LogP contribution in [-0.4, -0.2) is 31.4 Å². The third kappa shape index (κ3) is 3.63. The molecule has 1 aliphatic heterocycles. The first-order chi connectivity index (χ1) is 11.6. The van der Waals surface area contributed by atoms with Crippen molar-refractivity contribution in [2.24, 2.45) is 4.99 Å². The Morgan fingerprint density at radius 1 is 1.33 bits per heavy atom. The van der Waals surface area contributed by atoms with Crippen LogP contribution < -0.4 is 0 Å². The van der Waals surface area contributed by atoms with Crippen LogP contribution in [0.15, 0.2) is 41.4 Å². The van der Waals surface area contributed by atoms with Gasteiger partial charge in [0.25, 0.3) is 0 Å². The van der Waals surface area contributed by atoms with E-state index >= 15 is 0 Å². The monoisotopic (exact) mass is 342 g/mol. The molecule has 0 saturated carbocycles. The first kappa shape index (κ1) is 17.0. The summed E-state index contributed by atoms with van der Waals surface area (Å²) in [6.07, 6.45) is 2.75. The number of aliphatic imine (C=N–C) groups is 1. The second kappa shape index (κ2) is 7.37. The molecule has 3 nitrogen and oxygen atoms in total. The summed E-state index contributed by atoms with van der Waals surface area (Å²) in [4.78, 5) is 6.70. The molecule has 1 heterocycles. The second-order valence-electron chi connectivity index (χ2n) is 6.21. The van der Waals surface area contributed by atoms with Crippen molar-refractivity contribution < 1.29 is 4.74 Å². The predicted octanol–water partition coefficient (Wildman–Crippen LogP) is 4.92. The number of hydrogen-bond acceptors (Lipinski definition) is 2. The minimum Gasteiger partial charge on any atom is -0.368 e. The highest BCUT2D eigenvalue weighted by molar-refractivity contribution is 6.30. The zero-order valence-corrected chi connectivity index (χ0v) is 15.2. The molecule has 126 valence electrons. The van der Waals surface area contributed by atoms with Crippen molar-refractivity contribution in [1.82, 2.24) is 4.90 Å². The number of rotatable bonds is 4. The van der Waals surface area contributed by atoms with E-state index in [1.54, 1.807) is 0 Å². The molecule has 0 aromatic heterocycles. The zero-order chi connectivity index (χ0) is 17.1. The maximum absolute atomic E-state index is 6.15. The molecule has 1 unspecified atom stereocenters. The van der Waals surface area contributed by atoms with E-state index in [4.69, 9.17) is 16.3 Å². The van der Waals surface area contributed by atoms with Gasteiger partial charge in [0.15, 0.2) is 0 Å². The minimum atomic E-state index is -0.0532. The lowest BCUT2D eigenvalue weighted by Gasteiger charge is -2.27. The largest absolute Gasteiger partial charge is 0.368 e. The SMILES string of the molecule is CCN(C)/C=N/c1cc2c(cc1C)C(c1cccc(Cl)c1)OCC2. The van der Waals surface area contributed by atoms with E-state index in [9.17, 15) is 0 Å². The van der Waals surface area contributed by atoms with Crippen LogP contribution in [0.25, 0.3) is 0 Å². The molecule has 4 heteroatoms. The van der Waals surface area contributed by atoms with Gasteiger partial charge in [-0.3, -0.25) is 0 Å². The van der Waals surface area contributed by atoms with Gasteiger partial charge in [-0.25, -0.2) is 4.99 Å². The van der Waals surface area contributed by atoms with Crippen LogP contribution in [0.3, 0.4) is 0 Å². The number of nitrogens with zero attached hydrogens (tertiary/aromatic N) is 2. The molecular weight excluding hydrogens is 320 g/mol. The van der Waals surface area contributed by atoms with Gasteiger partial charge in [-0.15, -0.1) is 0 Å². The molecule has 2 aromatic carbocycles. The number of hydrogen-bond donors (Lipinski definition) is 0. The molecule has 1 aliphatic rings. The summed E-state index contributed by atoms with van der Waals surface area (Å²) < 4.78 is 6.05. The predicted molar refractivity (Wildman–Crippen MR) is 101 cm³/mol. The van der Waals surface area contributed by atoms with Crippen molar-refractivity contribution in [3.8, 4) is 0 Å². The lowest BCUT2D eigenvalue weighted by atomic mass is 9.91. The summed E-state index contributed by atoms with van der Waals surface area (Å²) in [5.41, 5.74) is 5.82. The summed E-state index contributed by atoms with van der Waals surface area (Å²) in [7, 11) is 2.03. The van der Waals surface area contributed by atoms with E-state index in [1.165, 1.54) is 11.1 Å². The first-order valence-electron chi connectivity index (χ1n) is 8.33. The fourth-order valence-corrected chi connectivity index (χ4v) is 3.12. The Balaban J connectivity index is 1.97.